The fourth-order valence-corrected chi connectivity index (χ4v) is 5.79. The monoisotopic (exact) mass is 513 g/mol. The minimum absolute atomic E-state index is 0.712. The third-order valence-electron chi connectivity index (χ3n) is 7.60. The maximum Gasteiger partial charge on any atom is 0.115 e. The van der Waals surface area contributed by atoms with Gasteiger partial charge in [0.1, 0.15) is 11.4 Å². The normalized spacial score (nSPS) is 11.1. The molecule has 0 bridgehead atoms. The molecule has 4 aromatic carbocycles. The van der Waals surface area contributed by atoms with Crippen LogP contribution in [0.15, 0.2) is 103 Å². The van der Waals surface area contributed by atoms with Crippen molar-refractivity contribution in [1.29, 1.82) is 0 Å². The largest absolute Gasteiger partial charge is 0.341 e. The Kier molecular flexibility index (Phi) is 5.85. The van der Waals surface area contributed by atoms with Crippen LogP contribution in [0, 0.1) is 23.7 Å². The number of nitrogens with zero attached hydrogens (tertiary/aromatic N) is 3. The number of para-hydroxylation sites is 2. The van der Waals surface area contributed by atoms with Crippen LogP contribution in [0.5, 0.6) is 0 Å². The van der Waals surface area contributed by atoms with Crippen molar-refractivity contribution in [1.82, 2.24) is 14.1 Å². The SMILES string of the molecule is CCn1c2ccccc2c2cc(C#Cc3cccc(C#Cc4ccc5c(c4)c4ccccc4n5CC)n3)ccc21. The highest BCUT2D eigenvalue weighted by atomic mass is 15.0. The average Bonchev–Trinajstić information content (AvgIpc) is 3.50. The first-order valence-electron chi connectivity index (χ1n) is 13.8. The van der Waals surface area contributed by atoms with Gasteiger partial charge < -0.3 is 9.13 Å². The zero-order valence-electron chi connectivity index (χ0n) is 22.6. The number of rotatable bonds is 2. The molecular weight excluding hydrogens is 486 g/mol. The summed E-state index contributed by atoms with van der Waals surface area (Å²) >= 11 is 0. The van der Waals surface area contributed by atoms with Crippen molar-refractivity contribution in [3.8, 4) is 23.7 Å². The summed E-state index contributed by atoms with van der Waals surface area (Å²) in [4.78, 5) is 4.71. The Bertz CT molecular complexity index is 2050. The second kappa shape index (κ2) is 9.81. The Morgan fingerprint density at radius 2 is 0.925 bits per heavy atom. The first-order chi connectivity index (χ1) is 19.7. The summed E-state index contributed by atoms with van der Waals surface area (Å²) in [7, 11) is 0. The molecular formula is C37H27N3. The van der Waals surface area contributed by atoms with Gasteiger partial charge >= 0.3 is 0 Å². The molecule has 0 unspecified atom stereocenters. The van der Waals surface area contributed by atoms with Gasteiger partial charge in [0.15, 0.2) is 0 Å². The Morgan fingerprint density at radius 3 is 1.40 bits per heavy atom. The lowest BCUT2D eigenvalue weighted by Gasteiger charge is -2.02. The summed E-state index contributed by atoms with van der Waals surface area (Å²) < 4.78 is 4.70. The van der Waals surface area contributed by atoms with Gasteiger partial charge in [0, 0.05) is 67.8 Å². The van der Waals surface area contributed by atoms with Crippen LogP contribution in [0.2, 0.25) is 0 Å². The molecule has 7 rings (SSSR count). The van der Waals surface area contributed by atoms with E-state index in [0.29, 0.717) is 11.4 Å². The highest BCUT2D eigenvalue weighted by Gasteiger charge is 2.10. The lowest BCUT2D eigenvalue weighted by Crippen LogP contribution is -1.92. The van der Waals surface area contributed by atoms with E-state index in [4.69, 9.17) is 4.98 Å². The first-order valence-corrected chi connectivity index (χ1v) is 13.8. The number of aromatic nitrogens is 3. The van der Waals surface area contributed by atoms with Gasteiger partial charge in [-0.25, -0.2) is 4.98 Å². The number of hydrogen-bond donors (Lipinski definition) is 0. The summed E-state index contributed by atoms with van der Waals surface area (Å²) in [6, 6.07) is 35.9. The van der Waals surface area contributed by atoms with E-state index in [1.54, 1.807) is 0 Å². The molecule has 3 heterocycles. The Hall–Kier alpha value is -5.25. The van der Waals surface area contributed by atoms with Crippen LogP contribution in [-0.4, -0.2) is 14.1 Å². The molecule has 7 aromatic rings. The fraction of sp³-hybridized carbons (Fsp3) is 0.108. The van der Waals surface area contributed by atoms with E-state index in [1.807, 2.05) is 18.2 Å². The van der Waals surface area contributed by atoms with Crippen LogP contribution in [0.3, 0.4) is 0 Å². The predicted molar refractivity (Wildman–Crippen MR) is 166 cm³/mol. The quantitative estimate of drug-likeness (QED) is 0.214. The molecule has 3 aromatic heterocycles. The van der Waals surface area contributed by atoms with Crippen LogP contribution in [0.4, 0.5) is 0 Å². The maximum absolute atomic E-state index is 4.71. The van der Waals surface area contributed by atoms with Crippen LogP contribution in [0.25, 0.3) is 43.6 Å². The zero-order chi connectivity index (χ0) is 27.1. The molecule has 0 fully saturated rings. The molecule has 40 heavy (non-hydrogen) atoms. The van der Waals surface area contributed by atoms with Crippen LogP contribution in [-0.2, 0) is 13.1 Å². The van der Waals surface area contributed by atoms with Crippen LogP contribution >= 0.6 is 0 Å². The number of fused-ring (bicyclic) bond motifs is 6. The third kappa shape index (κ3) is 4.01. The second-order valence-corrected chi connectivity index (χ2v) is 9.89. The number of hydrogen-bond acceptors (Lipinski definition) is 1. The minimum atomic E-state index is 0.712. The van der Waals surface area contributed by atoms with Gasteiger partial charge in [0.2, 0.25) is 0 Å². The fourth-order valence-electron chi connectivity index (χ4n) is 5.79. The van der Waals surface area contributed by atoms with Crippen molar-refractivity contribution >= 4 is 43.6 Å². The molecule has 3 nitrogen and oxygen atoms in total. The molecule has 0 aliphatic rings. The smallest absolute Gasteiger partial charge is 0.115 e. The molecule has 0 radical (unpaired) electrons. The van der Waals surface area contributed by atoms with Crippen molar-refractivity contribution in [3.63, 3.8) is 0 Å². The van der Waals surface area contributed by atoms with Crippen molar-refractivity contribution in [2.75, 3.05) is 0 Å². The van der Waals surface area contributed by atoms with Crippen molar-refractivity contribution < 1.29 is 0 Å². The molecule has 0 saturated heterocycles. The molecule has 0 N–H and O–H groups in total. The van der Waals surface area contributed by atoms with E-state index in [2.05, 4.69) is 132 Å². The standard InChI is InChI=1S/C37H27N3/c1-3-39-34-14-7-5-12-30(34)32-24-26(18-22-36(32)39)16-20-28-10-9-11-29(38-28)21-17-27-19-23-37-33(25-27)31-13-6-8-15-35(31)40(37)4-2/h5-15,18-19,22-25H,3-4H2,1-2H3. The minimum Gasteiger partial charge on any atom is -0.341 e. The van der Waals surface area contributed by atoms with Gasteiger partial charge in [-0.3, -0.25) is 0 Å². The molecule has 0 aliphatic carbocycles. The van der Waals surface area contributed by atoms with Gasteiger partial charge in [-0.1, -0.05) is 54.3 Å². The lowest BCUT2D eigenvalue weighted by molar-refractivity contribution is 0.827. The highest BCUT2D eigenvalue weighted by Crippen LogP contribution is 2.30. The Balaban J connectivity index is 1.20. The lowest BCUT2D eigenvalue weighted by atomic mass is 10.1. The van der Waals surface area contributed by atoms with Gasteiger partial charge in [-0.05, 0) is 86.4 Å². The number of pyridine rings is 1. The van der Waals surface area contributed by atoms with Gasteiger partial charge in [-0.15, -0.1) is 0 Å². The first kappa shape index (κ1) is 23.8. The number of aryl methyl sites for hydroxylation is 2. The molecule has 0 atom stereocenters. The van der Waals surface area contributed by atoms with Gasteiger partial charge in [0.05, 0.1) is 0 Å². The van der Waals surface area contributed by atoms with Crippen molar-refractivity contribution in [2.24, 2.45) is 0 Å². The third-order valence-corrected chi connectivity index (χ3v) is 7.60. The maximum atomic E-state index is 4.71. The van der Waals surface area contributed by atoms with Crippen LogP contribution in [0.1, 0.15) is 36.4 Å². The summed E-state index contributed by atoms with van der Waals surface area (Å²) in [6.07, 6.45) is 0. The van der Waals surface area contributed by atoms with Crippen LogP contribution < -0.4 is 0 Å². The summed E-state index contributed by atoms with van der Waals surface area (Å²) in [5.41, 5.74) is 8.37. The summed E-state index contributed by atoms with van der Waals surface area (Å²) in [5, 5.41) is 4.98. The Morgan fingerprint density at radius 1 is 0.475 bits per heavy atom. The average molecular weight is 514 g/mol. The predicted octanol–water partition coefficient (Wildman–Crippen LogP) is 8.14. The molecule has 0 aliphatic heterocycles. The van der Waals surface area contributed by atoms with E-state index >= 15 is 0 Å². The van der Waals surface area contributed by atoms with Crippen molar-refractivity contribution in [3.05, 3.63) is 126 Å². The van der Waals surface area contributed by atoms with E-state index in [-0.39, 0.29) is 0 Å². The number of benzene rings is 4. The van der Waals surface area contributed by atoms with Gasteiger partial charge in [0.25, 0.3) is 0 Å². The van der Waals surface area contributed by atoms with Gasteiger partial charge in [-0.2, -0.15) is 0 Å². The van der Waals surface area contributed by atoms with E-state index in [0.717, 1.165) is 24.2 Å². The molecule has 190 valence electrons. The van der Waals surface area contributed by atoms with E-state index in [9.17, 15) is 0 Å². The summed E-state index contributed by atoms with van der Waals surface area (Å²) in [6.45, 7) is 6.24. The van der Waals surface area contributed by atoms with E-state index in [1.165, 1.54) is 43.6 Å². The Labute approximate surface area is 233 Å². The summed E-state index contributed by atoms with van der Waals surface area (Å²) in [5.74, 6) is 13.1. The molecule has 0 amide bonds. The molecule has 3 heteroatoms. The zero-order valence-corrected chi connectivity index (χ0v) is 22.6. The topological polar surface area (TPSA) is 22.8 Å². The molecule has 0 spiro atoms. The van der Waals surface area contributed by atoms with Crippen molar-refractivity contribution in [2.45, 2.75) is 26.9 Å². The second-order valence-electron chi connectivity index (χ2n) is 9.89. The highest BCUT2D eigenvalue weighted by molar-refractivity contribution is 6.09. The van der Waals surface area contributed by atoms with E-state index < -0.39 is 0 Å². The molecule has 0 saturated carbocycles.